The molecule has 15 heavy (non-hydrogen) atoms. The molecule has 0 bridgehead atoms. The maximum absolute atomic E-state index is 5.92. The number of rotatable bonds is 2. The normalized spacial score (nSPS) is 25.9. The third-order valence-corrected chi connectivity index (χ3v) is 3.43. The van der Waals surface area contributed by atoms with E-state index in [-0.39, 0.29) is 0 Å². The summed E-state index contributed by atoms with van der Waals surface area (Å²) in [6.45, 7) is 4.50. The van der Waals surface area contributed by atoms with Crippen molar-refractivity contribution in [2.24, 2.45) is 0 Å². The summed E-state index contributed by atoms with van der Waals surface area (Å²) in [6.07, 6.45) is 3.71. The van der Waals surface area contributed by atoms with E-state index in [4.69, 9.17) is 11.6 Å². The van der Waals surface area contributed by atoms with Gasteiger partial charge in [0.2, 0.25) is 0 Å². The predicted molar refractivity (Wildman–Crippen MR) is 64.5 cm³/mol. The number of nitrogens with zero attached hydrogens (tertiary/aromatic N) is 2. The lowest BCUT2D eigenvalue weighted by atomic mass is 10.1. The maximum atomic E-state index is 5.92. The van der Waals surface area contributed by atoms with Gasteiger partial charge in [0.15, 0.2) is 0 Å². The summed E-state index contributed by atoms with van der Waals surface area (Å²) < 4.78 is 0. The van der Waals surface area contributed by atoms with Crippen molar-refractivity contribution in [1.29, 1.82) is 0 Å². The quantitative estimate of drug-likeness (QED) is 0.715. The van der Waals surface area contributed by atoms with Gasteiger partial charge in [-0.1, -0.05) is 24.6 Å². The van der Waals surface area contributed by atoms with Crippen LogP contribution in [0.15, 0.2) is 18.2 Å². The van der Waals surface area contributed by atoms with Crippen LogP contribution in [0.5, 0.6) is 0 Å². The van der Waals surface area contributed by atoms with Crippen molar-refractivity contribution in [3.63, 3.8) is 0 Å². The molecule has 0 aliphatic carbocycles. The Bertz CT molecular complexity index is 340. The summed E-state index contributed by atoms with van der Waals surface area (Å²) in [4.78, 5) is 6.80. The molecule has 2 atom stereocenters. The van der Waals surface area contributed by atoms with Gasteiger partial charge in [0, 0.05) is 12.1 Å². The second kappa shape index (κ2) is 4.40. The van der Waals surface area contributed by atoms with Crippen molar-refractivity contribution in [3.05, 3.63) is 23.4 Å². The second-order valence-corrected chi connectivity index (χ2v) is 4.60. The minimum absolute atomic E-state index is 0.584. The van der Waals surface area contributed by atoms with Gasteiger partial charge in [-0.3, -0.25) is 0 Å². The largest absolute Gasteiger partial charge is 0.351 e. The van der Waals surface area contributed by atoms with Crippen LogP contribution in [-0.2, 0) is 0 Å². The maximum Gasteiger partial charge on any atom is 0.131 e. The Morgan fingerprint density at radius 3 is 2.93 bits per heavy atom. The van der Waals surface area contributed by atoms with Crippen molar-refractivity contribution in [2.45, 2.75) is 45.2 Å². The molecular weight excluding hydrogens is 208 g/mol. The first-order chi connectivity index (χ1) is 7.22. The van der Waals surface area contributed by atoms with Gasteiger partial charge in [-0.25, -0.2) is 4.98 Å². The molecule has 1 aliphatic heterocycles. The molecule has 2 nitrogen and oxygen atoms in total. The highest BCUT2D eigenvalue weighted by atomic mass is 35.5. The number of aromatic nitrogens is 1. The molecule has 0 aromatic carbocycles. The van der Waals surface area contributed by atoms with Gasteiger partial charge >= 0.3 is 0 Å². The zero-order valence-corrected chi connectivity index (χ0v) is 10.0. The van der Waals surface area contributed by atoms with Crippen LogP contribution in [0.1, 0.15) is 33.1 Å². The molecule has 0 spiro atoms. The third kappa shape index (κ3) is 2.10. The molecule has 0 N–H and O–H groups in total. The van der Waals surface area contributed by atoms with Crippen molar-refractivity contribution in [2.75, 3.05) is 4.90 Å². The first-order valence-electron chi connectivity index (χ1n) is 5.63. The van der Waals surface area contributed by atoms with Gasteiger partial charge in [-0.2, -0.15) is 0 Å². The van der Waals surface area contributed by atoms with Gasteiger partial charge in [0.25, 0.3) is 0 Å². The fourth-order valence-corrected chi connectivity index (χ4v) is 2.59. The molecule has 2 unspecified atom stereocenters. The number of hydrogen-bond acceptors (Lipinski definition) is 2. The Morgan fingerprint density at radius 1 is 1.47 bits per heavy atom. The van der Waals surface area contributed by atoms with Crippen LogP contribution < -0.4 is 4.90 Å². The fraction of sp³-hybridized carbons (Fsp3) is 0.583. The fourth-order valence-electron chi connectivity index (χ4n) is 2.43. The number of halogens is 1. The van der Waals surface area contributed by atoms with Crippen LogP contribution in [0.3, 0.4) is 0 Å². The number of hydrogen-bond donors (Lipinski definition) is 0. The van der Waals surface area contributed by atoms with E-state index in [1.165, 1.54) is 19.3 Å². The Kier molecular flexibility index (Phi) is 3.15. The molecule has 0 amide bonds. The Labute approximate surface area is 96.3 Å². The first-order valence-corrected chi connectivity index (χ1v) is 6.01. The molecule has 3 heteroatoms. The average molecular weight is 225 g/mol. The van der Waals surface area contributed by atoms with E-state index in [2.05, 4.69) is 29.8 Å². The molecule has 82 valence electrons. The van der Waals surface area contributed by atoms with Crippen LogP contribution in [0, 0.1) is 0 Å². The lowest BCUT2D eigenvalue weighted by Crippen LogP contribution is -2.34. The van der Waals surface area contributed by atoms with E-state index in [9.17, 15) is 0 Å². The van der Waals surface area contributed by atoms with Gasteiger partial charge in [-0.05, 0) is 38.3 Å². The van der Waals surface area contributed by atoms with Gasteiger partial charge in [-0.15, -0.1) is 0 Å². The highest BCUT2D eigenvalue weighted by molar-refractivity contribution is 6.29. The molecule has 0 radical (unpaired) electrons. The Balaban J connectivity index is 2.28. The first kappa shape index (κ1) is 10.7. The summed E-state index contributed by atoms with van der Waals surface area (Å²) in [6, 6.07) is 7.07. The average Bonchev–Trinajstić information content (AvgIpc) is 2.59. The molecular formula is C12H17ClN2. The number of pyridine rings is 1. The minimum Gasteiger partial charge on any atom is -0.351 e. The highest BCUT2D eigenvalue weighted by Gasteiger charge is 2.30. The standard InChI is InChI=1S/C12H17ClN2/c1-3-10-8-7-9(2)15(10)12-6-4-5-11(13)14-12/h4-6,9-10H,3,7-8H2,1-2H3. The van der Waals surface area contributed by atoms with Crippen LogP contribution in [0.2, 0.25) is 5.15 Å². The molecule has 1 aromatic heterocycles. The molecule has 1 aromatic rings. The summed E-state index contributed by atoms with van der Waals surface area (Å²) in [5.41, 5.74) is 0. The molecule has 2 heterocycles. The van der Waals surface area contributed by atoms with E-state index < -0.39 is 0 Å². The zero-order chi connectivity index (χ0) is 10.8. The topological polar surface area (TPSA) is 16.1 Å². The van der Waals surface area contributed by atoms with Crippen LogP contribution in [0.25, 0.3) is 0 Å². The van der Waals surface area contributed by atoms with Crippen molar-refractivity contribution < 1.29 is 0 Å². The molecule has 1 saturated heterocycles. The van der Waals surface area contributed by atoms with Gasteiger partial charge in [0.1, 0.15) is 11.0 Å². The predicted octanol–water partition coefficient (Wildman–Crippen LogP) is 3.50. The third-order valence-electron chi connectivity index (χ3n) is 3.22. The summed E-state index contributed by atoms with van der Waals surface area (Å²) in [7, 11) is 0. The summed E-state index contributed by atoms with van der Waals surface area (Å²) in [5.74, 6) is 1.03. The van der Waals surface area contributed by atoms with Crippen molar-refractivity contribution >= 4 is 17.4 Å². The van der Waals surface area contributed by atoms with Crippen LogP contribution in [0.4, 0.5) is 5.82 Å². The van der Waals surface area contributed by atoms with Crippen LogP contribution >= 0.6 is 11.6 Å². The van der Waals surface area contributed by atoms with E-state index >= 15 is 0 Å². The summed E-state index contributed by atoms with van der Waals surface area (Å²) in [5, 5.41) is 0.585. The smallest absolute Gasteiger partial charge is 0.131 e. The molecule has 0 saturated carbocycles. The monoisotopic (exact) mass is 224 g/mol. The van der Waals surface area contributed by atoms with E-state index in [0.717, 1.165) is 5.82 Å². The molecule has 1 fully saturated rings. The molecule has 2 rings (SSSR count). The van der Waals surface area contributed by atoms with Crippen LogP contribution in [-0.4, -0.2) is 17.1 Å². The van der Waals surface area contributed by atoms with Crippen molar-refractivity contribution in [1.82, 2.24) is 4.98 Å². The van der Waals surface area contributed by atoms with E-state index in [0.29, 0.717) is 17.2 Å². The minimum atomic E-state index is 0.584. The summed E-state index contributed by atoms with van der Waals surface area (Å²) >= 11 is 5.92. The Hall–Kier alpha value is -0.760. The Morgan fingerprint density at radius 2 is 2.27 bits per heavy atom. The zero-order valence-electron chi connectivity index (χ0n) is 9.28. The SMILES string of the molecule is CCC1CCC(C)N1c1cccc(Cl)n1. The number of anilines is 1. The van der Waals surface area contributed by atoms with E-state index in [1.807, 2.05) is 12.1 Å². The van der Waals surface area contributed by atoms with E-state index in [1.54, 1.807) is 0 Å². The highest BCUT2D eigenvalue weighted by Crippen LogP contribution is 2.31. The van der Waals surface area contributed by atoms with Gasteiger partial charge in [0.05, 0.1) is 0 Å². The van der Waals surface area contributed by atoms with Gasteiger partial charge < -0.3 is 4.90 Å². The lowest BCUT2D eigenvalue weighted by Gasteiger charge is -2.29. The lowest BCUT2D eigenvalue weighted by molar-refractivity contribution is 0.621. The van der Waals surface area contributed by atoms with Crippen molar-refractivity contribution in [3.8, 4) is 0 Å². The second-order valence-electron chi connectivity index (χ2n) is 4.21. The molecule has 1 aliphatic rings.